The van der Waals surface area contributed by atoms with Crippen LogP contribution in [0.25, 0.3) is 0 Å². The average Bonchev–Trinajstić information content (AvgIpc) is 2.62. The molecule has 1 aromatic carbocycles. The van der Waals surface area contributed by atoms with Gasteiger partial charge in [-0.25, -0.2) is 0 Å². The first kappa shape index (κ1) is 10.4. The Balaban J connectivity index is 2.02. The fourth-order valence-corrected chi connectivity index (χ4v) is 2.29. The molecule has 2 aromatic rings. The highest BCUT2D eigenvalue weighted by molar-refractivity contribution is 7.98. The van der Waals surface area contributed by atoms with Gasteiger partial charge in [-0.15, -0.1) is 11.8 Å². The summed E-state index contributed by atoms with van der Waals surface area (Å²) in [5.74, 6) is 0.721. The zero-order valence-electron chi connectivity index (χ0n) is 7.79. The highest BCUT2D eigenvalue weighted by Crippen LogP contribution is 2.23. The van der Waals surface area contributed by atoms with Crippen molar-refractivity contribution in [2.45, 2.75) is 10.6 Å². The lowest BCUT2D eigenvalue weighted by Gasteiger charge is -1.99. The van der Waals surface area contributed by atoms with E-state index in [0.717, 1.165) is 21.4 Å². The number of rotatable bonds is 3. The zero-order valence-corrected chi connectivity index (χ0v) is 9.36. The summed E-state index contributed by atoms with van der Waals surface area (Å²) in [6.07, 6.45) is 0. The van der Waals surface area contributed by atoms with Gasteiger partial charge in [0.25, 0.3) is 5.56 Å². The molecule has 0 spiro atoms. The lowest BCUT2D eigenvalue weighted by atomic mass is 10.4. The molecule has 0 aliphatic heterocycles. The topological polar surface area (TPSA) is 48.6 Å². The van der Waals surface area contributed by atoms with Crippen molar-refractivity contribution in [1.29, 1.82) is 0 Å². The molecule has 0 saturated carbocycles. The summed E-state index contributed by atoms with van der Waals surface area (Å²) in [6, 6.07) is 9.18. The molecule has 15 heavy (non-hydrogen) atoms. The molecule has 2 rings (SSSR count). The van der Waals surface area contributed by atoms with E-state index in [0.29, 0.717) is 0 Å². The number of hydrogen-bond donors (Lipinski definition) is 2. The molecule has 0 aliphatic rings. The van der Waals surface area contributed by atoms with E-state index in [1.165, 1.54) is 0 Å². The first-order chi connectivity index (χ1) is 7.24. The Hall–Kier alpha value is -1.13. The normalized spacial score (nSPS) is 10.5. The number of thioether (sulfide) groups is 1. The number of nitrogens with one attached hydrogen (secondary N) is 2. The minimum Gasteiger partial charge on any atom is -0.301 e. The molecule has 2 N–H and O–H groups in total. The fourth-order valence-electron chi connectivity index (χ4n) is 1.17. The number of benzene rings is 1. The SMILES string of the molecule is O=c1cc(CSc2cccc(Cl)c2)[nH][nH]1. The zero-order chi connectivity index (χ0) is 10.7. The third-order valence-corrected chi connectivity index (χ3v) is 3.12. The van der Waals surface area contributed by atoms with Crippen molar-refractivity contribution < 1.29 is 0 Å². The lowest BCUT2D eigenvalue weighted by Crippen LogP contribution is -1.93. The van der Waals surface area contributed by atoms with Gasteiger partial charge < -0.3 is 5.10 Å². The van der Waals surface area contributed by atoms with Crippen LogP contribution in [0.3, 0.4) is 0 Å². The predicted molar refractivity (Wildman–Crippen MR) is 62.4 cm³/mol. The molecule has 1 aromatic heterocycles. The van der Waals surface area contributed by atoms with Crippen LogP contribution in [0.2, 0.25) is 5.02 Å². The largest absolute Gasteiger partial charge is 0.301 e. The third-order valence-electron chi connectivity index (χ3n) is 1.84. The van der Waals surface area contributed by atoms with Crippen molar-refractivity contribution >= 4 is 23.4 Å². The second-order valence-corrected chi connectivity index (χ2v) is 4.52. The van der Waals surface area contributed by atoms with E-state index in [1.807, 2.05) is 24.3 Å². The van der Waals surface area contributed by atoms with Crippen molar-refractivity contribution in [2.24, 2.45) is 0 Å². The number of hydrogen-bond acceptors (Lipinski definition) is 2. The number of H-pyrrole nitrogens is 2. The van der Waals surface area contributed by atoms with Crippen molar-refractivity contribution in [1.82, 2.24) is 10.2 Å². The highest BCUT2D eigenvalue weighted by Gasteiger charge is 1.99. The van der Waals surface area contributed by atoms with E-state index < -0.39 is 0 Å². The van der Waals surface area contributed by atoms with E-state index in [2.05, 4.69) is 10.2 Å². The first-order valence-electron chi connectivity index (χ1n) is 4.39. The molecular weight excluding hydrogens is 232 g/mol. The summed E-state index contributed by atoms with van der Waals surface area (Å²) >= 11 is 7.48. The van der Waals surface area contributed by atoms with Crippen LogP contribution in [0, 0.1) is 0 Å². The molecule has 0 atom stereocenters. The van der Waals surface area contributed by atoms with Crippen LogP contribution in [0.4, 0.5) is 0 Å². The van der Waals surface area contributed by atoms with Gasteiger partial charge in [0.2, 0.25) is 0 Å². The van der Waals surface area contributed by atoms with Crippen LogP contribution in [0.15, 0.2) is 40.0 Å². The van der Waals surface area contributed by atoms with Crippen molar-refractivity contribution in [2.75, 3.05) is 0 Å². The Bertz CT molecular complexity index is 506. The van der Waals surface area contributed by atoms with Gasteiger partial charge >= 0.3 is 0 Å². The molecule has 1 heterocycles. The molecule has 0 unspecified atom stereocenters. The van der Waals surface area contributed by atoms with Gasteiger partial charge in [0.05, 0.1) is 0 Å². The second-order valence-electron chi connectivity index (χ2n) is 3.03. The molecule has 0 radical (unpaired) electrons. The maximum absolute atomic E-state index is 10.8. The summed E-state index contributed by atoms with van der Waals surface area (Å²) in [5.41, 5.74) is 0.779. The van der Waals surface area contributed by atoms with Crippen LogP contribution < -0.4 is 5.56 Å². The molecular formula is C10H9ClN2OS. The minimum atomic E-state index is -0.100. The molecule has 0 saturated heterocycles. The van der Waals surface area contributed by atoms with Gasteiger partial charge in [-0.1, -0.05) is 17.7 Å². The van der Waals surface area contributed by atoms with Crippen LogP contribution >= 0.6 is 23.4 Å². The van der Waals surface area contributed by atoms with Gasteiger partial charge in [0.15, 0.2) is 0 Å². The summed E-state index contributed by atoms with van der Waals surface area (Å²) in [7, 11) is 0. The van der Waals surface area contributed by atoms with Crippen molar-refractivity contribution in [3.05, 3.63) is 51.4 Å². The third kappa shape index (κ3) is 2.91. The summed E-state index contributed by atoms with van der Waals surface area (Å²) in [6.45, 7) is 0. The molecule has 78 valence electrons. The summed E-state index contributed by atoms with van der Waals surface area (Å²) < 4.78 is 0. The summed E-state index contributed by atoms with van der Waals surface area (Å²) in [4.78, 5) is 11.9. The monoisotopic (exact) mass is 240 g/mol. The maximum Gasteiger partial charge on any atom is 0.264 e. The lowest BCUT2D eigenvalue weighted by molar-refractivity contribution is 1.01. The van der Waals surface area contributed by atoms with E-state index >= 15 is 0 Å². The van der Waals surface area contributed by atoms with Gasteiger partial charge in [-0.05, 0) is 18.2 Å². The Morgan fingerprint density at radius 3 is 2.80 bits per heavy atom. The van der Waals surface area contributed by atoms with Crippen molar-refractivity contribution in [3.8, 4) is 0 Å². The Labute approximate surface area is 95.8 Å². The Morgan fingerprint density at radius 1 is 1.27 bits per heavy atom. The first-order valence-corrected chi connectivity index (χ1v) is 5.75. The van der Waals surface area contributed by atoms with E-state index in [9.17, 15) is 4.79 Å². The Kier molecular flexibility index (Phi) is 3.18. The van der Waals surface area contributed by atoms with Crippen LogP contribution in [0.1, 0.15) is 5.69 Å². The smallest absolute Gasteiger partial charge is 0.264 e. The Morgan fingerprint density at radius 2 is 2.13 bits per heavy atom. The quantitative estimate of drug-likeness (QED) is 0.811. The number of aromatic nitrogens is 2. The van der Waals surface area contributed by atoms with Gasteiger partial charge in [-0.2, -0.15) is 0 Å². The van der Waals surface area contributed by atoms with E-state index in [1.54, 1.807) is 17.8 Å². The van der Waals surface area contributed by atoms with Crippen LogP contribution in [-0.2, 0) is 5.75 Å². The molecule has 5 heteroatoms. The highest BCUT2D eigenvalue weighted by atomic mass is 35.5. The van der Waals surface area contributed by atoms with E-state index in [4.69, 9.17) is 11.6 Å². The minimum absolute atomic E-state index is 0.100. The van der Waals surface area contributed by atoms with E-state index in [-0.39, 0.29) is 5.56 Å². The van der Waals surface area contributed by atoms with Crippen molar-refractivity contribution in [3.63, 3.8) is 0 Å². The van der Waals surface area contributed by atoms with Crippen LogP contribution in [-0.4, -0.2) is 10.2 Å². The molecule has 0 amide bonds. The molecule has 0 fully saturated rings. The molecule has 0 bridgehead atoms. The summed E-state index contributed by atoms with van der Waals surface area (Å²) in [5, 5.41) is 6.02. The molecule has 0 aliphatic carbocycles. The van der Waals surface area contributed by atoms with Crippen LogP contribution in [0.5, 0.6) is 0 Å². The second kappa shape index (κ2) is 4.59. The van der Waals surface area contributed by atoms with Gasteiger partial charge in [-0.3, -0.25) is 9.89 Å². The predicted octanol–water partition coefficient (Wildman–Crippen LogP) is 2.65. The number of aromatic amines is 2. The standard InChI is InChI=1S/C10H9ClN2OS/c11-7-2-1-3-9(4-7)15-6-8-5-10(14)13-12-8/h1-5H,6H2,(H2,12,13,14). The fraction of sp³-hybridized carbons (Fsp3) is 0.100. The maximum atomic E-state index is 10.8. The van der Waals surface area contributed by atoms with Gasteiger partial charge in [0.1, 0.15) is 0 Å². The average molecular weight is 241 g/mol. The molecule has 3 nitrogen and oxygen atoms in total. The number of halogens is 1. The van der Waals surface area contributed by atoms with Gasteiger partial charge in [0, 0.05) is 27.4 Å².